The summed E-state index contributed by atoms with van der Waals surface area (Å²) in [7, 11) is 1.51. The number of rotatable bonds is 4. The number of nitrogens with one attached hydrogen (secondary N) is 1. The fourth-order valence-electron chi connectivity index (χ4n) is 2.38. The van der Waals surface area contributed by atoms with Crippen molar-refractivity contribution in [2.45, 2.75) is 44.1 Å². The second-order valence-electron chi connectivity index (χ2n) is 5.05. The summed E-state index contributed by atoms with van der Waals surface area (Å²) in [4.78, 5) is 8.06. The second kappa shape index (κ2) is 6.39. The molecule has 2 N–H and O–H groups in total. The summed E-state index contributed by atoms with van der Waals surface area (Å²) >= 11 is 6.02. The van der Waals surface area contributed by atoms with Crippen molar-refractivity contribution < 1.29 is 9.84 Å². The number of hydrogen-bond acceptors (Lipinski definition) is 5. The average Bonchev–Trinajstić information content (AvgIpc) is 2.63. The highest BCUT2D eigenvalue weighted by molar-refractivity contribution is 6.32. The Morgan fingerprint density at radius 2 is 2.05 bits per heavy atom. The van der Waals surface area contributed by atoms with Gasteiger partial charge in [-0.15, -0.1) is 0 Å². The number of ether oxygens (including phenoxy) is 1. The van der Waals surface area contributed by atoms with Gasteiger partial charge in [0, 0.05) is 6.54 Å². The lowest BCUT2D eigenvalue weighted by Crippen LogP contribution is -2.36. The maximum Gasteiger partial charge on any atom is 0.318 e. The van der Waals surface area contributed by atoms with E-state index in [0.29, 0.717) is 17.4 Å². The molecule has 0 aromatic carbocycles. The molecule has 0 saturated heterocycles. The first kappa shape index (κ1) is 14.3. The van der Waals surface area contributed by atoms with Gasteiger partial charge in [0.25, 0.3) is 0 Å². The molecule has 1 aromatic rings. The van der Waals surface area contributed by atoms with E-state index in [9.17, 15) is 5.11 Å². The zero-order chi connectivity index (χ0) is 13.7. The van der Waals surface area contributed by atoms with Crippen LogP contribution < -0.4 is 10.1 Å². The number of nitrogens with zero attached hydrogens (tertiary/aromatic N) is 2. The Bertz CT molecular complexity index is 420. The number of halogens is 1. The third-order valence-electron chi connectivity index (χ3n) is 3.52. The molecule has 1 heterocycles. The summed E-state index contributed by atoms with van der Waals surface area (Å²) in [5.41, 5.74) is -0.669. The number of hydrogen-bond donors (Lipinski definition) is 2. The standard InChI is InChI=1S/C13H20ClN3O2/c1-19-12-15-8-10(14)11(17-12)16-9-13(18)6-4-2-3-5-7-13/h8,18H,2-7,9H2,1H3,(H,15,16,17). The van der Waals surface area contributed by atoms with Crippen molar-refractivity contribution in [1.29, 1.82) is 0 Å². The molecule has 19 heavy (non-hydrogen) atoms. The van der Waals surface area contributed by atoms with Gasteiger partial charge < -0.3 is 15.2 Å². The first-order valence-electron chi connectivity index (χ1n) is 6.66. The summed E-state index contributed by atoms with van der Waals surface area (Å²) < 4.78 is 4.96. The molecular formula is C13H20ClN3O2. The maximum atomic E-state index is 10.5. The van der Waals surface area contributed by atoms with Crippen LogP contribution in [0.15, 0.2) is 6.20 Å². The summed E-state index contributed by atoms with van der Waals surface area (Å²) in [6.07, 6.45) is 7.67. The van der Waals surface area contributed by atoms with Crippen molar-refractivity contribution in [3.05, 3.63) is 11.2 Å². The van der Waals surface area contributed by atoms with E-state index in [4.69, 9.17) is 16.3 Å². The van der Waals surface area contributed by atoms with Gasteiger partial charge in [0.1, 0.15) is 5.02 Å². The Kier molecular flexibility index (Phi) is 4.82. The molecule has 0 spiro atoms. The van der Waals surface area contributed by atoms with E-state index < -0.39 is 5.60 Å². The molecule has 6 heteroatoms. The number of aliphatic hydroxyl groups is 1. The van der Waals surface area contributed by atoms with Crippen LogP contribution in [-0.4, -0.2) is 34.3 Å². The Labute approximate surface area is 118 Å². The fraction of sp³-hybridized carbons (Fsp3) is 0.692. The van der Waals surface area contributed by atoms with Gasteiger partial charge in [0.05, 0.1) is 18.9 Å². The number of aromatic nitrogens is 2. The van der Waals surface area contributed by atoms with Crippen LogP contribution in [0.4, 0.5) is 5.82 Å². The van der Waals surface area contributed by atoms with E-state index in [1.54, 1.807) is 0 Å². The number of methoxy groups -OCH3 is 1. The highest BCUT2D eigenvalue weighted by Crippen LogP contribution is 2.28. The van der Waals surface area contributed by atoms with Crippen molar-refractivity contribution in [3.8, 4) is 6.01 Å². The summed E-state index contributed by atoms with van der Waals surface area (Å²) in [6.45, 7) is 0.451. The predicted molar refractivity (Wildman–Crippen MR) is 74.7 cm³/mol. The van der Waals surface area contributed by atoms with E-state index in [1.165, 1.54) is 26.1 Å². The smallest absolute Gasteiger partial charge is 0.318 e. The van der Waals surface area contributed by atoms with Crippen LogP contribution in [0.3, 0.4) is 0 Å². The minimum Gasteiger partial charge on any atom is -0.467 e. The second-order valence-corrected chi connectivity index (χ2v) is 5.45. The largest absolute Gasteiger partial charge is 0.467 e. The van der Waals surface area contributed by atoms with Gasteiger partial charge in [-0.3, -0.25) is 0 Å². The molecule has 0 aliphatic heterocycles. The van der Waals surface area contributed by atoms with Gasteiger partial charge in [-0.2, -0.15) is 4.98 Å². The molecule has 0 radical (unpaired) electrons. The topological polar surface area (TPSA) is 67.3 Å². The lowest BCUT2D eigenvalue weighted by atomic mass is 9.94. The van der Waals surface area contributed by atoms with Crippen molar-refractivity contribution in [3.63, 3.8) is 0 Å². The minimum atomic E-state index is -0.669. The van der Waals surface area contributed by atoms with Crippen molar-refractivity contribution in [1.82, 2.24) is 9.97 Å². The normalized spacial score (nSPS) is 18.7. The third-order valence-corrected chi connectivity index (χ3v) is 3.80. The maximum absolute atomic E-state index is 10.5. The Balaban J connectivity index is 2.00. The van der Waals surface area contributed by atoms with E-state index in [0.717, 1.165) is 25.7 Å². The van der Waals surface area contributed by atoms with Gasteiger partial charge in [-0.25, -0.2) is 4.98 Å². The molecule has 2 rings (SSSR count). The molecule has 1 saturated carbocycles. The van der Waals surface area contributed by atoms with Gasteiger partial charge in [-0.05, 0) is 12.8 Å². The molecule has 0 bridgehead atoms. The third kappa shape index (κ3) is 3.94. The highest BCUT2D eigenvalue weighted by atomic mass is 35.5. The van der Waals surface area contributed by atoms with E-state index >= 15 is 0 Å². The predicted octanol–water partition coefficient (Wildman–Crippen LogP) is 2.64. The van der Waals surface area contributed by atoms with Crippen LogP contribution in [0.25, 0.3) is 0 Å². The highest BCUT2D eigenvalue weighted by Gasteiger charge is 2.28. The van der Waals surface area contributed by atoms with E-state index in [2.05, 4.69) is 15.3 Å². The zero-order valence-corrected chi connectivity index (χ0v) is 11.9. The molecule has 1 fully saturated rings. The van der Waals surface area contributed by atoms with E-state index in [1.807, 2.05) is 0 Å². The van der Waals surface area contributed by atoms with Gasteiger partial charge in [0.2, 0.25) is 0 Å². The molecule has 0 atom stereocenters. The van der Waals surface area contributed by atoms with Gasteiger partial charge >= 0.3 is 6.01 Å². The SMILES string of the molecule is COc1ncc(Cl)c(NCC2(O)CCCCCC2)n1. The molecule has 5 nitrogen and oxygen atoms in total. The van der Waals surface area contributed by atoms with Crippen LogP contribution in [0.2, 0.25) is 5.02 Å². The fourth-order valence-corrected chi connectivity index (χ4v) is 2.54. The van der Waals surface area contributed by atoms with E-state index in [-0.39, 0.29) is 6.01 Å². The van der Waals surface area contributed by atoms with Crippen LogP contribution in [0.1, 0.15) is 38.5 Å². The quantitative estimate of drug-likeness (QED) is 0.833. The minimum absolute atomic E-state index is 0.264. The summed E-state index contributed by atoms with van der Waals surface area (Å²) in [5, 5.41) is 14.1. The molecule has 1 aliphatic carbocycles. The summed E-state index contributed by atoms with van der Waals surface area (Å²) in [5.74, 6) is 0.506. The molecule has 0 amide bonds. The first-order chi connectivity index (χ1) is 9.13. The molecule has 106 valence electrons. The van der Waals surface area contributed by atoms with Crippen molar-refractivity contribution >= 4 is 17.4 Å². The van der Waals surface area contributed by atoms with Gasteiger partial charge in [-0.1, -0.05) is 37.3 Å². The number of anilines is 1. The van der Waals surface area contributed by atoms with Crippen LogP contribution >= 0.6 is 11.6 Å². The molecule has 1 aliphatic rings. The van der Waals surface area contributed by atoms with Crippen LogP contribution in [-0.2, 0) is 0 Å². The monoisotopic (exact) mass is 285 g/mol. The molecule has 0 unspecified atom stereocenters. The molecule has 1 aromatic heterocycles. The zero-order valence-electron chi connectivity index (χ0n) is 11.2. The van der Waals surface area contributed by atoms with Crippen molar-refractivity contribution in [2.75, 3.05) is 19.0 Å². The van der Waals surface area contributed by atoms with Crippen LogP contribution in [0, 0.1) is 0 Å². The van der Waals surface area contributed by atoms with Crippen molar-refractivity contribution in [2.24, 2.45) is 0 Å². The Morgan fingerprint density at radius 1 is 1.37 bits per heavy atom. The lowest BCUT2D eigenvalue weighted by Gasteiger charge is -2.27. The first-order valence-corrected chi connectivity index (χ1v) is 7.03. The van der Waals surface area contributed by atoms with Gasteiger partial charge in [0.15, 0.2) is 5.82 Å². The molecular weight excluding hydrogens is 266 g/mol. The summed E-state index contributed by atoms with van der Waals surface area (Å²) in [6, 6.07) is 0.264. The Hall–Kier alpha value is -1.07. The lowest BCUT2D eigenvalue weighted by molar-refractivity contribution is 0.0380. The average molecular weight is 286 g/mol. The Morgan fingerprint density at radius 3 is 2.68 bits per heavy atom. The van der Waals surface area contributed by atoms with Crippen LogP contribution in [0.5, 0.6) is 6.01 Å².